The summed E-state index contributed by atoms with van der Waals surface area (Å²) in [6.45, 7) is 8.82. The fourth-order valence-corrected chi connectivity index (χ4v) is 4.40. The number of hydrogen-bond donors (Lipinski definition) is 4. The predicted molar refractivity (Wildman–Crippen MR) is 143 cm³/mol. The van der Waals surface area contributed by atoms with Crippen LogP contribution in [0.2, 0.25) is 20.1 Å². The number of halogens is 4. The Bertz CT molecular complexity index is 868. The molecule has 0 heterocycles. The Morgan fingerprint density at radius 1 is 0.853 bits per heavy atom. The smallest absolute Gasteiger partial charge is 0.290 e. The van der Waals surface area contributed by atoms with Gasteiger partial charge in [-0.2, -0.15) is 0 Å². The molecule has 188 valence electrons. The number of carbonyl (C=O) groups excluding carboxylic acids is 2. The third kappa shape index (κ3) is 12.3. The first kappa shape index (κ1) is 32.6. The first-order chi connectivity index (χ1) is 15.8. The van der Waals surface area contributed by atoms with Crippen LogP contribution in [0.4, 0.5) is 0 Å². The van der Waals surface area contributed by atoms with Crippen molar-refractivity contribution >= 4 is 66.7 Å². The maximum absolute atomic E-state index is 11.1. The Hall–Kier alpha value is -1.44. The molecule has 0 aliphatic rings. The molecule has 0 aliphatic heterocycles. The van der Waals surface area contributed by atoms with E-state index in [1.165, 1.54) is 6.42 Å². The first-order valence-corrected chi connectivity index (χ1v) is 12.7. The molecule has 12 heteroatoms. The molecule has 0 fully saturated rings. The average molecular weight is 571 g/mol. The predicted octanol–water partition coefficient (Wildman–Crippen LogP) is 6.28. The molecule has 0 spiro atoms. The Balaban J connectivity index is 0.000000484. The number of benzene rings is 2. The summed E-state index contributed by atoms with van der Waals surface area (Å²) in [6.07, 6.45) is 2.03. The van der Waals surface area contributed by atoms with Crippen LogP contribution in [0.5, 0.6) is 0 Å². The van der Waals surface area contributed by atoms with E-state index < -0.39 is 11.8 Å². The number of nitrogens with one attached hydrogen (secondary N) is 2. The standard InChI is InChI=1S/C8H17OP.2C7H6Cl2N2O/c1-7(6-10-9)5-8(2,3)4;2*8-4-2-1-3-5(9)6(4)7(12)11-10/h7H,5-6H2,1-4H3;2*1-3H,10H2,(H,11,12)/p+1. The van der Waals surface area contributed by atoms with Crippen molar-refractivity contribution in [2.24, 2.45) is 23.0 Å². The van der Waals surface area contributed by atoms with Gasteiger partial charge in [0, 0.05) is 5.92 Å². The summed E-state index contributed by atoms with van der Waals surface area (Å²) in [6, 6.07) is 9.57. The van der Waals surface area contributed by atoms with Crippen molar-refractivity contribution in [3.63, 3.8) is 0 Å². The summed E-state index contributed by atoms with van der Waals surface area (Å²) < 4.78 is 10.3. The van der Waals surface area contributed by atoms with E-state index in [1.807, 2.05) is 10.9 Å². The summed E-state index contributed by atoms with van der Waals surface area (Å²) in [5.41, 5.74) is 4.69. The highest BCUT2D eigenvalue weighted by atomic mass is 35.5. The average Bonchev–Trinajstić information content (AvgIpc) is 2.73. The van der Waals surface area contributed by atoms with Gasteiger partial charge in [0.15, 0.2) is 0 Å². The second kappa shape index (κ2) is 16.3. The molecule has 0 aromatic heterocycles. The topological polar surface area (TPSA) is 127 Å². The SMILES string of the molecule is CC(C[PH+]=O)CC(C)(C)C.NNC(=O)c1c(Cl)cccc1Cl.NNC(=O)c1c(Cl)cccc1Cl. The molecule has 6 N–H and O–H groups in total. The van der Waals surface area contributed by atoms with Crippen LogP contribution in [0, 0.1) is 11.3 Å². The summed E-state index contributed by atoms with van der Waals surface area (Å²) in [7, 11) is -0.126. The first-order valence-electron chi connectivity index (χ1n) is 10.0. The zero-order chi connectivity index (χ0) is 26.5. The molecule has 0 saturated carbocycles. The Morgan fingerprint density at radius 3 is 1.41 bits per heavy atom. The van der Waals surface area contributed by atoms with Crippen molar-refractivity contribution in [2.45, 2.75) is 34.1 Å². The van der Waals surface area contributed by atoms with E-state index in [2.05, 4.69) is 27.7 Å². The van der Waals surface area contributed by atoms with Crippen molar-refractivity contribution in [1.82, 2.24) is 10.9 Å². The maximum Gasteiger partial charge on any atom is 0.325 e. The van der Waals surface area contributed by atoms with Gasteiger partial charge in [0.05, 0.1) is 31.2 Å². The molecular weight excluding hydrogens is 541 g/mol. The molecule has 2 unspecified atom stereocenters. The largest absolute Gasteiger partial charge is 0.325 e. The molecule has 7 nitrogen and oxygen atoms in total. The zero-order valence-corrected chi connectivity index (χ0v) is 23.4. The number of carbonyl (C=O) groups is 2. The quantitative estimate of drug-likeness (QED) is 0.146. The van der Waals surface area contributed by atoms with Crippen LogP contribution in [-0.2, 0) is 4.57 Å². The highest BCUT2D eigenvalue weighted by Crippen LogP contribution is 2.26. The Kier molecular flexibility index (Phi) is 15.6. The van der Waals surface area contributed by atoms with Crippen molar-refractivity contribution < 1.29 is 14.2 Å². The molecule has 2 aromatic carbocycles. The van der Waals surface area contributed by atoms with Gasteiger partial charge in [0.1, 0.15) is 6.16 Å². The van der Waals surface area contributed by atoms with E-state index in [0.717, 1.165) is 6.16 Å². The van der Waals surface area contributed by atoms with Crippen LogP contribution in [0.15, 0.2) is 36.4 Å². The molecule has 2 amide bonds. The van der Waals surface area contributed by atoms with Crippen LogP contribution in [0.25, 0.3) is 0 Å². The minimum atomic E-state index is -0.495. The number of nitrogen functional groups attached to an aromatic ring is 2. The van der Waals surface area contributed by atoms with Gasteiger partial charge in [0.25, 0.3) is 11.8 Å². The monoisotopic (exact) mass is 569 g/mol. The van der Waals surface area contributed by atoms with Crippen LogP contribution < -0.4 is 22.5 Å². The van der Waals surface area contributed by atoms with Gasteiger partial charge in [0.2, 0.25) is 0 Å². The fraction of sp³-hybridized carbons (Fsp3) is 0.364. The lowest BCUT2D eigenvalue weighted by molar-refractivity contribution is 0.0946. The molecule has 2 aromatic rings. The zero-order valence-electron chi connectivity index (χ0n) is 19.3. The van der Waals surface area contributed by atoms with E-state index in [0.29, 0.717) is 11.3 Å². The second-order valence-electron chi connectivity index (χ2n) is 8.36. The third-order valence-electron chi connectivity index (χ3n) is 4.03. The molecular formula is C22H30Cl4N4O3P+. The van der Waals surface area contributed by atoms with Gasteiger partial charge >= 0.3 is 8.46 Å². The lowest BCUT2D eigenvalue weighted by Gasteiger charge is -2.20. The van der Waals surface area contributed by atoms with Crippen LogP contribution in [0.3, 0.4) is 0 Å². The van der Waals surface area contributed by atoms with E-state index >= 15 is 0 Å². The van der Waals surface area contributed by atoms with Crippen LogP contribution >= 0.6 is 54.9 Å². The molecule has 34 heavy (non-hydrogen) atoms. The molecule has 0 aliphatic carbocycles. The number of rotatable bonds is 5. The number of hydrogen-bond acceptors (Lipinski definition) is 5. The van der Waals surface area contributed by atoms with E-state index in [-0.39, 0.29) is 39.7 Å². The van der Waals surface area contributed by atoms with E-state index in [4.69, 9.17) is 58.1 Å². The number of nitrogens with two attached hydrogens (primary N) is 2. The normalized spacial score (nSPS) is 11.4. The van der Waals surface area contributed by atoms with Crippen LogP contribution in [-0.4, -0.2) is 18.0 Å². The van der Waals surface area contributed by atoms with Crippen LogP contribution in [0.1, 0.15) is 54.8 Å². The van der Waals surface area contributed by atoms with Crippen molar-refractivity contribution in [3.05, 3.63) is 67.6 Å². The van der Waals surface area contributed by atoms with Crippen molar-refractivity contribution in [2.75, 3.05) is 6.16 Å². The third-order valence-corrected chi connectivity index (χ3v) is 6.16. The van der Waals surface area contributed by atoms with E-state index in [1.54, 1.807) is 36.4 Å². The van der Waals surface area contributed by atoms with Gasteiger partial charge in [-0.1, -0.05) is 90.8 Å². The number of hydrazine groups is 2. The summed E-state index contributed by atoms with van der Waals surface area (Å²) >= 11 is 22.8. The van der Waals surface area contributed by atoms with Gasteiger partial charge in [-0.25, -0.2) is 11.7 Å². The summed E-state index contributed by atoms with van der Waals surface area (Å²) in [5, 5.41) is 1.13. The lowest BCUT2D eigenvalue weighted by Crippen LogP contribution is -2.30. The fourth-order valence-electron chi connectivity index (χ4n) is 2.83. The molecule has 2 rings (SSSR count). The Labute approximate surface area is 222 Å². The number of amides is 2. The highest BCUT2D eigenvalue weighted by molar-refractivity contribution is 7.23. The van der Waals surface area contributed by atoms with Gasteiger partial charge < -0.3 is 0 Å². The second-order valence-corrected chi connectivity index (χ2v) is 10.7. The maximum atomic E-state index is 11.1. The Morgan fingerprint density at radius 2 is 1.18 bits per heavy atom. The highest BCUT2D eigenvalue weighted by Gasteiger charge is 2.17. The van der Waals surface area contributed by atoms with Gasteiger partial charge in [-0.15, -0.1) is 0 Å². The summed E-state index contributed by atoms with van der Waals surface area (Å²) in [5.74, 6) is 9.47. The minimum Gasteiger partial charge on any atom is -0.290 e. The van der Waals surface area contributed by atoms with E-state index in [9.17, 15) is 14.2 Å². The minimum absolute atomic E-state index is 0.126. The molecule has 2 atom stereocenters. The lowest BCUT2D eigenvalue weighted by atomic mass is 9.86. The molecule has 0 radical (unpaired) electrons. The summed E-state index contributed by atoms with van der Waals surface area (Å²) in [4.78, 5) is 22.1. The van der Waals surface area contributed by atoms with Crippen molar-refractivity contribution in [1.29, 1.82) is 0 Å². The molecule has 0 bridgehead atoms. The van der Waals surface area contributed by atoms with Gasteiger partial charge in [-0.3, -0.25) is 20.4 Å². The van der Waals surface area contributed by atoms with Crippen molar-refractivity contribution in [3.8, 4) is 0 Å². The molecule has 0 saturated heterocycles. The van der Waals surface area contributed by atoms with Gasteiger partial charge in [-0.05, 0) is 36.1 Å².